The van der Waals surface area contributed by atoms with Crippen molar-refractivity contribution in [2.24, 2.45) is 4.99 Å². The summed E-state index contributed by atoms with van der Waals surface area (Å²) in [5.74, 6) is 3.47. The van der Waals surface area contributed by atoms with Gasteiger partial charge in [0.1, 0.15) is 17.6 Å². The van der Waals surface area contributed by atoms with E-state index < -0.39 is 0 Å². The van der Waals surface area contributed by atoms with E-state index in [1.807, 2.05) is 43.0 Å². The highest BCUT2D eigenvalue weighted by atomic mass is 32.2. The van der Waals surface area contributed by atoms with Gasteiger partial charge in [0, 0.05) is 24.9 Å². The van der Waals surface area contributed by atoms with Crippen LogP contribution in [0.4, 0.5) is 0 Å². The second-order valence-electron chi connectivity index (χ2n) is 4.75. The topological polar surface area (TPSA) is 54.9 Å². The Morgan fingerprint density at radius 3 is 2.77 bits per heavy atom. The van der Waals surface area contributed by atoms with Crippen molar-refractivity contribution in [1.29, 1.82) is 0 Å². The van der Waals surface area contributed by atoms with Crippen molar-refractivity contribution >= 4 is 17.7 Å². The van der Waals surface area contributed by atoms with Gasteiger partial charge < -0.3 is 20.1 Å². The number of hydrogen-bond acceptors (Lipinski definition) is 4. The summed E-state index contributed by atoms with van der Waals surface area (Å²) < 4.78 is 11.1. The first kappa shape index (κ1) is 18.5. The van der Waals surface area contributed by atoms with Crippen molar-refractivity contribution in [2.45, 2.75) is 20.0 Å². The van der Waals surface area contributed by atoms with Gasteiger partial charge in [0.15, 0.2) is 5.96 Å². The average molecular weight is 325 g/mol. The number of nitrogens with one attached hydrogen (secondary N) is 2. The summed E-state index contributed by atoms with van der Waals surface area (Å²) in [5, 5.41) is 6.53. The summed E-state index contributed by atoms with van der Waals surface area (Å²) in [6, 6.07) is 7.61. The molecule has 2 N–H and O–H groups in total. The van der Waals surface area contributed by atoms with Gasteiger partial charge in [-0.15, -0.1) is 0 Å². The van der Waals surface area contributed by atoms with Crippen LogP contribution in [0.2, 0.25) is 0 Å². The van der Waals surface area contributed by atoms with Crippen LogP contribution in [0.15, 0.2) is 29.3 Å². The molecule has 0 radical (unpaired) electrons. The quantitative estimate of drug-likeness (QED) is 0.415. The van der Waals surface area contributed by atoms with Gasteiger partial charge in [-0.05, 0) is 32.2 Å². The second kappa shape index (κ2) is 11.1. The van der Waals surface area contributed by atoms with Gasteiger partial charge in [-0.2, -0.15) is 11.8 Å². The summed E-state index contributed by atoms with van der Waals surface area (Å²) in [5.41, 5.74) is 0. The van der Waals surface area contributed by atoms with Crippen molar-refractivity contribution in [2.75, 3.05) is 38.8 Å². The molecule has 1 aromatic carbocycles. The number of rotatable bonds is 9. The molecule has 0 spiro atoms. The van der Waals surface area contributed by atoms with Gasteiger partial charge in [-0.25, -0.2) is 4.99 Å². The molecule has 22 heavy (non-hydrogen) atoms. The monoisotopic (exact) mass is 325 g/mol. The molecule has 0 aromatic heterocycles. The van der Waals surface area contributed by atoms with Crippen LogP contribution in [0.3, 0.4) is 0 Å². The Balaban J connectivity index is 2.49. The minimum Gasteiger partial charge on any atom is -0.497 e. The van der Waals surface area contributed by atoms with E-state index in [1.54, 1.807) is 7.11 Å². The van der Waals surface area contributed by atoms with Crippen LogP contribution in [0.5, 0.6) is 11.5 Å². The average Bonchev–Trinajstić information content (AvgIpc) is 2.53. The molecule has 0 amide bonds. The van der Waals surface area contributed by atoms with E-state index in [-0.39, 0.29) is 6.10 Å². The van der Waals surface area contributed by atoms with E-state index in [9.17, 15) is 0 Å². The zero-order chi connectivity index (χ0) is 16.2. The molecule has 0 aliphatic rings. The molecule has 1 atom stereocenters. The summed E-state index contributed by atoms with van der Waals surface area (Å²) >= 11 is 1.81. The molecule has 0 saturated carbocycles. The number of aliphatic imine (C=N–C) groups is 1. The number of guanidine groups is 1. The molecule has 0 aliphatic carbocycles. The zero-order valence-electron chi connectivity index (χ0n) is 13.9. The van der Waals surface area contributed by atoms with Gasteiger partial charge >= 0.3 is 0 Å². The van der Waals surface area contributed by atoms with Crippen LogP contribution in [0.1, 0.15) is 13.8 Å². The smallest absolute Gasteiger partial charge is 0.191 e. The Morgan fingerprint density at radius 1 is 1.32 bits per heavy atom. The molecule has 0 fully saturated rings. The van der Waals surface area contributed by atoms with E-state index in [0.717, 1.165) is 36.3 Å². The highest BCUT2D eigenvalue weighted by molar-refractivity contribution is 7.98. The lowest BCUT2D eigenvalue weighted by Crippen LogP contribution is -2.39. The Kier molecular flexibility index (Phi) is 9.30. The Hall–Kier alpha value is -1.56. The lowest BCUT2D eigenvalue weighted by Gasteiger charge is -2.15. The van der Waals surface area contributed by atoms with Gasteiger partial charge in [-0.3, -0.25) is 0 Å². The lowest BCUT2D eigenvalue weighted by atomic mass is 10.3. The molecule has 1 unspecified atom stereocenters. The van der Waals surface area contributed by atoms with Gasteiger partial charge in [0.05, 0.1) is 13.7 Å². The molecule has 0 saturated heterocycles. The largest absolute Gasteiger partial charge is 0.497 e. The number of hydrogen-bond donors (Lipinski definition) is 2. The molecule has 5 nitrogen and oxygen atoms in total. The van der Waals surface area contributed by atoms with E-state index >= 15 is 0 Å². The van der Waals surface area contributed by atoms with E-state index in [2.05, 4.69) is 28.8 Å². The maximum atomic E-state index is 5.86. The Morgan fingerprint density at radius 2 is 2.09 bits per heavy atom. The van der Waals surface area contributed by atoms with Gasteiger partial charge in [0.2, 0.25) is 0 Å². The first-order chi connectivity index (χ1) is 10.7. The lowest BCUT2D eigenvalue weighted by molar-refractivity contribution is 0.229. The van der Waals surface area contributed by atoms with Gasteiger partial charge in [-0.1, -0.05) is 6.07 Å². The van der Waals surface area contributed by atoms with Crippen LogP contribution in [0.25, 0.3) is 0 Å². The summed E-state index contributed by atoms with van der Waals surface area (Å²) in [6.45, 7) is 6.40. The fourth-order valence-corrected chi connectivity index (χ4v) is 2.08. The number of thioether (sulfide) groups is 1. The first-order valence-corrected chi connectivity index (χ1v) is 8.90. The number of benzene rings is 1. The number of nitrogens with zero attached hydrogens (tertiary/aromatic N) is 1. The van der Waals surface area contributed by atoms with Crippen LogP contribution in [-0.2, 0) is 0 Å². The number of methoxy groups -OCH3 is 1. The summed E-state index contributed by atoms with van der Waals surface area (Å²) in [7, 11) is 1.65. The standard InChI is InChI=1S/C16H27N3O2S/c1-5-17-16(18-9-10-22-4)19-12-13(2)21-15-8-6-7-14(11-15)20-3/h6-8,11,13H,5,9-10,12H2,1-4H3,(H2,17,18,19). The van der Waals surface area contributed by atoms with Crippen molar-refractivity contribution in [1.82, 2.24) is 10.6 Å². The van der Waals surface area contributed by atoms with Crippen molar-refractivity contribution in [3.05, 3.63) is 24.3 Å². The van der Waals surface area contributed by atoms with Crippen LogP contribution in [-0.4, -0.2) is 50.8 Å². The van der Waals surface area contributed by atoms with Crippen molar-refractivity contribution in [3.63, 3.8) is 0 Å². The molecule has 6 heteroatoms. The minimum absolute atomic E-state index is 0.0110. The highest BCUT2D eigenvalue weighted by Crippen LogP contribution is 2.19. The predicted molar refractivity (Wildman–Crippen MR) is 95.4 cm³/mol. The van der Waals surface area contributed by atoms with Crippen LogP contribution < -0.4 is 20.1 Å². The predicted octanol–water partition coefficient (Wildman–Crippen LogP) is 2.38. The molecule has 0 aliphatic heterocycles. The maximum Gasteiger partial charge on any atom is 0.191 e. The first-order valence-electron chi connectivity index (χ1n) is 7.51. The van der Waals surface area contributed by atoms with Crippen molar-refractivity contribution in [3.8, 4) is 11.5 Å². The molecule has 0 bridgehead atoms. The van der Waals surface area contributed by atoms with Crippen LogP contribution in [0, 0.1) is 0 Å². The summed E-state index contributed by atoms with van der Waals surface area (Å²) in [6.07, 6.45) is 2.08. The molecular weight excluding hydrogens is 298 g/mol. The molecule has 124 valence electrons. The third-order valence-corrected chi connectivity index (χ3v) is 3.44. The SMILES string of the molecule is CCNC(=NCC(C)Oc1cccc(OC)c1)NCCSC. The Bertz CT molecular complexity index is 455. The van der Waals surface area contributed by atoms with E-state index in [1.165, 1.54) is 0 Å². The third-order valence-electron chi connectivity index (χ3n) is 2.83. The van der Waals surface area contributed by atoms with E-state index in [0.29, 0.717) is 6.54 Å². The normalized spacial score (nSPS) is 12.6. The highest BCUT2D eigenvalue weighted by Gasteiger charge is 2.05. The van der Waals surface area contributed by atoms with Gasteiger partial charge in [0.25, 0.3) is 0 Å². The van der Waals surface area contributed by atoms with E-state index in [4.69, 9.17) is 9.47 Å². The fourth-order valence-electron chi connectivity index (χ4n) is 1.78. The van der Waals surface area contributed by atoms with Crippen molar-refractivity contribution < 1.29 is 9.47 Å². The molecule has 1 rings (SSSR count). The number of ether oxygens (including phenoxy) is 2. The summed E-state index contributed by atoms with van der Waals surface area (Å²) in [4.78, 5) is 4.55. The minimum atomic E-state index is -0.0110. The van der Waals surface area contributed by atoms with Crippen LogP contribution >= 0.6 is 11.8 Å². The molecule has 1 aromatic rings. The Labute approximate surface area is 137 Å². The fraction of sp³-hybridized carbons (Fsp3) is 0.562. The molecule has 0 heterocycles. The zero-order valence-corrected chi connectivity index (χ0v) is 14.7. The third kappa shape index (κ3) is 7.45. The molecular formula is C16H27N3O2S. The maximum absolute atomic E-state index is 5.86. The second-order valence-corrected chi connectivity index (χ2v) is 5.73.